The second-order valence-electron chi connectivity index (χ2n) is 6.61. The number of carbonyl (C=O) groups excluding carboxylic acids is 1. The minimum absolute atomic E-state index is 0.127. The lowest BCUT2D eigenvalue weighted by Gasteiger charge is -2.30. The van der Waals surface area contributed by atoms with Gasteiger partial charge in [-0.3, -0.25) is 14.6 Å². The molecule has 6 nitrogen and oxygen atoms in total. The van der Waals surface area contributed by atoms with Gasteiger partial charge in [0.15, 0.2) is 4.77 Å². The fourth-order valence-electron chi connectivity index (χ4n) is 3.34. The molecule has 4 rings (SSSR count). The molecule has 1 aromatic heterocycles. The number of carbonyl (C=O) groups is 1. The molecule has 1 saturated heterocycles. The summed E-state index contributed by atoms with van der Waals surface area (Å²) in [5.74, 6) is 0.551. The maximum Gasteiger partial charge on any atom is 0.259 e. The summed E-state index contributed by atoms with van der Waals surface area (Å²) in [6, 6.07) is 5.13. The zero-order chi connectivity index (χ0) is 16.7. The van der Waals surface area contributed by atoms with Gasteiger partial charge in [-0.15, -0.1) is 0 Å². The molecule has 0 radical (unpaired) electrons. The number of amides is 1. The van der Waals surface area contributed by atoms with Crippen LogP contribution in [0.4, 0.5) is 0 Å². The molecule has 2 heterocycles. The molecule has 2 atom stereocenters. The first-order valence-electron chi connectivity index (χ1n) is 8.29. The van der Waals surface area contributed by atoms with Crippen LogP contribution in [0, 0.1) is 10.7 Å². The van der Waals surface area contributed by atoms with E-state index in [1.165, 1.54) is 12.8 Å². The number of rotatable bonds is 3. The van der Waals surface area contributed by atoms with Gasteiger partial charge >= 0.3 is 0 Å². The molecule has 0 unspecified atom stereocenters. The lowest BCUT2D eigenvalue weighted by molar-refractivity contribution is -0.0102. The largest absolute Gasteiger partial charge is 0.378 e. The molecule has 0 bridgehead atoms. The number of nitrogens with one attached hydrogen (secondary N) is 3. The van der Waals surface area contributed by atoms with E-state index in [1.54, 1.807) is 18.2 Å². The van der Waals surface area contributed by atoms with Crippen molar-refractivity contribution in [2.24, 2.45) is 5.92 Å². The first kappa shape index (κ1) is 15.5. The van der Waals surface area contributed by atoms with Gasteiger partial charge in [0.05, 0.1) is 17.0 Å². The van der Waals surface area contributed by atoms with Gasteiger partial charge in [-0.25, -0.2) is 0 Å². The van der Waals surface area contributed by atoms with E-state index in [1.807, 2.05) is 0 Å². The summed E-state index contributed by atoms with van der Waals surface area (Å²) in [6.07, 6.45) is 4.49. The van der Waals surface area contributed by atoms with Crippen LogP contribution in [0.5, 0.6) is 0 Å². The van der Waals surface area contributed by atoms with Crippen molar-refractivity contribution in [3.8, 4) is 0 Å². The van der Waals surface area contributed by atoms with Crippen LogP contribution >= 0.6 is 12.2 Å². The van der Waals surface area contributed by atoms with Gasteiger partial charge in [-0.05, 0) is 62.0 Å². The van der Waals surface area contributed by atoms with Gasteiger partial charge in [0, 0.05) is 18.2 Å². The molecular formula is C17H19N3O3S. The van der Waals surface area contributed by atoms with E-state index in [9.17, 15) is 9.59 Å². The smallest absolute Gasteiger partial charge is 0.259 e. The second-order valence-corrected chi connectivity index (χ2v) is 7.02. The van der Waals surface area contributed by atoms with Crippen LogP contribution in [-0.2, 0) is 4.74 Å². The molecule has 2 aromatic rings. The third kappa shape index (κ3) is 3.14. The average molecular weight is 345 g/mol. The number of aromatic nitrogens is 2. The molecule has 0 spiro atoms. The highest BCUT2D eigenvalue weighted by molar-refractivity contribution is 7.71. The fraction of sp³-hybridized carbons (Fsp3) is 0.471. The number of benzene rings is 1. The van der Waals surface area contributed by atoms with Crippen LogP contribution < -0.4 is 10.9 Å². The Hall–Kier alpha value is -1.99. The zero-order valence-corrected chi connectivity index (χ0v) is 13.9. The topological polar surface area (TPSA) is 87.0 Å². The molecule has 24 heavy (non-hydrogen) atoms. The van der Waals surface area contributed by atoms with Crippen LogP contribution in [0.15, 0.2) is 23.0 Å². The Bertz CT molecular complexity index is 900. The predicted octanol–water partition coefficient (Wildman–Crippen LogP) is 2.27. The van der Waals surface area contributed by atoms with Crippen molar-refractivity contribution < 1.29 is 9.53 Å². The first-order valence-corrected chi connectivity index (χ1v) is 8.70. The van der Waals surface area contributed by atoms with Gasteiger partial charge in [0.2, 0.25) is 0 Å². The predicted molar refractivity (Wildman–Crippen MR) is 92.7 cm³/mol. The monoisotopic (exact) mass is 345 g/mol. The first-order chi connectivity index (χ1) is 11.6. The maximum atomic E-state index is 12.5. The molecular weight excluding hydrogens is 326 g/mol. The van der Waals surface area contributed by atoms with Gasteiger partial charge in [-0.2, -0.15) is 0 Å². The van der Waals surface area contributed by atoms with Crippen LogP contribution in [0.3, 0.4) is 0 Å². The summed E-state index contributed by atoms with van der Waals surface area (Å²) < 4.78 is 6.05. The van der Waals surface area contributed by atoms with Crippen molar-refractivity contribution in [2.75, 3.05) is 6.61 Å². The van der Waals surface area contributed by atoms with Crippen molar-refractivity contribution >= 4 is 29.0 Å². The Morgan fingerprint density at radius 3 is 2.88 bits per heavy atom. The number of hydrogen-bond donors (Lipinski definition) is 3. The molecule has 2 fully saturated rings. The molecule has 1 aliphatic heterocycles. The molecule has 1 saturated carbocycles. The third-order valence-electron chi connectivity index (χ3n) is 4.80. The van der Waals surface area contributed by atoms with E-state index in [0.717, 1.165) is 12.8 Å². The quantitative estimate of drug-likeness (QED) is 0.745. The Morgan fingerprint density at radius 1 is 1.25 bits per heavy atom. The Balaban J connectivity index is 1.52. The Kier molecular flexibility index (Phi) is 3.97. The van der Waals surface area contributed by atoms with E-state index < -0.39 is 0 Å². The van der Waals surface area contributed by atoms with E-state index in [0.29, 0.717) is 29.0 Å². The van der Waals surface area contributed by atoms with Crippen molar-refractivity contribution in [2.45, 2.75) is 37.8 Å². The normalized spacial score (nSPS) is 24.0. The minimum atomic E-state index is -0.252. The SMILES string of the molecule is O=C(N[C@@H]1CCO[C@H](C2CC2)C1)c1ccc2c(=O)[nH]c(=S)[nH]c2c1. The Labute approximate surface area is 143 Å². The van der Waals surface area contributed by atoms with Gasteiger partial charge in [0.1, 0.15) is 0 Å². The van der Waals surface area contributed by atoms with Crippen molar-refractivity contribution in [1.82, 2.24) is 15.3 Å². The second kappa shape index (κ2) is 6.14. The summed E-state index contributed by atoms with van der Waals surface area (Å²) >= 11 is 4.98. The van der Waals surface area contributed by atoms with Gasteiger partial charge in [0.25, 0.3) is 11.5 Å². The minimum Gasteiger partial charge on any atom is -0.378 e. The number of ether oxygens (including phenoxy) is 1. The van der Waals surface area contributed by atoms with Gasteiger partial charge in [-0.1, -0.05) is 0 Å². The van der Waals surface area contributed by atoms with Crippen molar-refractivity contribution in [1.29, 1.82) is 0 Å². The van der Waals surface area contributed by atoms with Crippen LogP contribution in [0.1, 0.15) is 36.0 Å². The summed E-state index contributed by atoms with van der Waals surface area (Å²) in [6.45, 7) is 0.701. The molecule has 1 amide bonds. The summed E-state index contributed by atoms with van der Waals surface area (Å²) in [4.78, 5) is 29.8. The van der Waals surface area contributed by atoms with Crippen molar-refractivity contribution in [3.05, 3.63) is 38.9 Å². The molecule has 3 N–H and O–H groups in total. The molecule has 2 aliphatic rings. The maximum absolute atomic E-state index is 12.5. The molecule has 1 aromatic carbocycles. The van der Waals surface area contributed by atoms with Crippen LogP contribution in [0.25, 0.3) is 10.9 Å². The van der Waals surface area contributed by atoms with Crippen LogP contribution in [0.2, 0.25) is 0 Å². The molecule has 1 aliphatic carbocycles. The highest BCUT2D eigenvalue weighted by Gasteiger charge is 2.36. The number of aromatic amines is 2. The fourth-order valence-corrected chi connectivity index (χ4v) is 3.54. The van der Waals surface area contributed by atoms with E-state index in [4.69, 9.17) is 17.0 Å². The van der Waals surface area contributed by atoms with Crippen molar-refractivity contribution in [3.63, 3.8) is 0 Å². The summed E-state index contributed by atoms with van der Waals surface area (Å²) in [5.41, 5.74) is 0.838. The number of fused-ring (bicyclic) bond motifs is 1. The number of H-pyrrole nitrogens is 2. The number of hydrogen-bond acceptors (Lipinski definition) is 4. The lowest BCUT2D eigenvalue weighted by atomic mass is 9.99. The van der Waals surface area contributed by atoms with E-state index >= 15 is 0 Å². The summed E-state index contributed by atoms with van der Waals surface area (Å²) in [7, 11) is 0. The average Bonchev–Trinajstić information content (AvgIpc) is 3.39. The van der Waals surface area contributed by atoms with E-state index in [2.05, 4.69) is 15.3 Å². The Morgan fingerprint density at radius 2 is 2.08 bits per heavy atom. The van der Waals surface area contributed by atoms with Crippen LogP contribution in [-0.4, -0.2) is 34.6 Å². The molecule has 7 heteroatoms. The highest BCUT2D eigenvalue weighted by Crippen LogP contribution is 2.38. The lowest BCUT2D eigenvalue weighted by Crippen LogP contribution is -2.42. The zero-order valence-electron chi connectivity index (χ0n) is 13.1. The third-order valence-corrected chi connectivity index (χ3v) is 5.00. The van der Waals surface area contributed by atoms with Gasteiger partial charge < -0.3 is 15.0 Å². The van der Waals surface area contributed by atoms with E-state index in [-0.39, 0.29) is 28.4 Å². The highest BCUT2D eigenvalue weighted by atomic mass is 32.1. The summed E-state index contributed by atoms with van der Waals surface area (Å²) in [5, 5.41) is 3.58. The molecule has 126 valence electrons. The standard InChI is InChI=1S/C17H19N3O3S/c21-15(18-11-5-6-23-14(8-11)9-1-2-9)10-3-4-12-13(7-10)19-17(24)20-16(12)22/h3-4,7,9,11,14H,1-2,5-6,8H2,(H,18,21)(H2,19,20,22,24)/t11-,14+/m1/s1.